The van der Waals surface area contributed by atoms with Gasteiger partial charge >= 0.3 is 0 Å². The van der Waals surface area contributed by atoms with Gasteiger partial charge in [-0.05, 0) is 38.4 Å². The van der Waals surface area contributed by atoms with Crippen molar-refractivity contribution in [2.75, 3.05) is 18.1 Å². The first-order valence-corrected chi connectivity index (χ1v) is 7.71. The van der Waals surface area contributed by atoms with Crippen LogP contribution in [0.5, 0.6) is 0 Å². The number of carbonyl (C=O) groups is 2. The zero-order valence-electron chi connectivity index (χ0n) is 10.5. The summed E-state index contributed by atoms with van der Waals surface area (Å²) < 4.78 is 0. The molecular weight excluding hydrogens is 234 g/mol. The van der Waals surface area contributed by atoms with Crippen LogP contribution < -0.4 is 0 Å². The molecule has 2 fully saturated rings. The second kappa shape index (κ2) is 5.89. The molecule has 2 aliphatic rings. The monoisotopic (exact) mass is 255 g/mol. The van der Waals surface area contributed by atoms with Crippen LogP contribution in [-0.4, -0.2) is 40.7 Å². The van der Waals surface area contributed by atoms with Crippen molar-refractivity contribution in [3.8, 4) is 0 Å². The van der Waals surface area contributed by atoms with Crippen molar-refractivity contribution >= 4 is 23.5 Å². The lowest BCUT2D eigenvalue weighted by Gasteiger charge is -2.36. The standard InChI is InChI=1S/C13H21NO2S/c1-10(15)8-12-4-2-3-6-14(12)13(16)11-5-7-17-9-11/h11-12H,2-9H2,1H3. The molecule has 2 unspecified atom stereocenters. The van der Waals surface area contributed by atoms with Gasteiger partial charge in [-0.15, -0.1) is 0 Å². The summed E-state index contributed by atoms with van der Waals surface area (Å²) in [6.45, 7) is 2.49. The topological polar surface area (TPSA) is 37.4 Å². The maximum atomic E-state index is 12.4. The number of nitrogens with zero attached hydrogens (tertiary/aromatic N) is 1. The molecule has 96 valence electrons. The Balaban J connectivity index is 1.99. The highest BCUT2D eigenvalue weighted by Gasteiger charge is 2.33. The van der Waals surface area contributed by atoms with Gasteiger partial charge in [0.15, 0.2) is 0 Å². The molecule has 0 spiro atoms. The molecule has 17 heavy (non-hydrogen) atoms. The summed E-state index contributed by atoms with van der Waals surface area (Å²) in [6.07, 6.45) is 4.82. The van der Waals surface area contributed by atoms with E-state index in [1.54, 1.807) is 6.92 Å². The zero-order valence-corrected chi connectivity index (χ0v) is 11.3. The lowest BCUT2D eigenvalue weighted by molar-refractivity contribution is -0.139. The zero-order chi connectivity index (χ0) is 12.3. The van der Waals surface area contributed by atoms with Crippen LogP contribution in [-0.2, 0) is 9.59 Å². The Morgan fingerprint density at radius 2 is 2.12 bits per heavy atom. The molecule has 2 rings (SSSR count). The molecule has 0 aromatic rings. The molecule has 2 saturated heterocycles. The quantitative estimate of drug-likeness (QED) is 0.775. The van der Waals surface area contributed by atoms with Crippen LogP contribution in [0.4, 0.5) is 0 Å². The SMILES string of the molecule is CC(=O)CC1CCCCN1C(=O)C1CCSC1. The highest BCUT2D eigenvalue weighted by Crippen LogP contribution is 2.29. The van der Waals surface area contributed by atoms with E-state index < -0.39 is 0 Å². The minimum Gasteiger partial charge on any atom is -0.339 e. The van der Waals surface area contributed by atoms with Gasteiger partial charge < -0.3 is 4.90 Å². The third kappa shape index (κ3) is 3.24. The predicted molar refractivity (Wildman–Crippen MR) is 70.1 cm³/mol. The molecule has 2 atom stereocenters. The fraction of sp³-hybridized carbons (Fsp3) is 0.846. The number of Topliss-reactive ketones (excluding diaryl/α,β-unsaturated/α-hetero) is 1. The Labute approximate surface area is 107 Å². The third-order valence-corrected chi connectivity index (χ3v) is 4.87. The van der Waals surface area contributed by atoms with Gasteiger partial charge in [-0.2, -0.15) is 11.8 Å². The first-order chi connectivity index (χ1) is 8.18. The average molecular weight is 255 g/mol. The van der Waals surface area contributed by atoms with Crippen molar-refractivity contribution in [1.82, 2.24) is 4.90 Å². The van der Waals surface area contributed by atoms with Crippen molar-refractivity contribution in [2.45, 2.75) is 45.1 Å². The fourth-order valence-corrected chi connectivity index (χ4v) is 4.01. The van der Waals surface area contributed by atoms with E-state index in [1.165, 1.54) is 0 Å². The van der Waals surface area contributed by atoms with Gasteiger partial charge in [0, 0.05) is 30.7 Å². The van der Waals surface area contributed by atoms with Crippen LogP contribution in [0.15, 0.2) is 0 Å². The van der Waals surface area contributed by atoms with Crippen LogP contribution in [0, 0.1) is 5.92 Å². The van der Waals surface area contributed by atoms with E-state index in [0.29, 0.717) is 12.3 Å². The molecule has 0 aliphatic carbocycles. The molecule has 4 heteroatoms. The number of thioether (sulfide) groups is 1. The first kappa shape index (κ1) is 12.9. The van der Waals surface area contributed by atoms with Gasteiger partial charge in [0.2, 0.25) is 5.91 Å². The molecule has 1 amide bonds. The second-order valence-electron chi connectivity index (χ2n) is 5.15. The van der Waals surface area contributed by atoms with Gasteiger partial charge in [0.25, 0.3) is 0 Å². The van der Waals surface area contributed by atoms with Crippen LogP contribution >= 0.6 is 11.8 Å². The summed E-state index contributed by atoms with van der Waals surface area (Å²) >= 11 is 1.88. The number of ketones is 1. The summed E-state index contributed by atoms with van der Waals surface area (Å²) in [5, 5.41) is 0. The minimum atomic E-state index is 0.180. The molecule has 2 heterocycles. The van der Waals surface area contributed by atoms with Crippen molar-refractivity contribution < 1.29 is 9.59 Å². The summed E-state index contributed by atoms with van der Waals surface area (Å²) in [5.41, 5.74) is 0. The number of piperidine rings is 1. The van der Waals surface area contributed by atoms with Crippen molar-refractivity contribution in [3.05, 3.63) is 0 Å². The van der Waals surface area contributed by atoms with E-state index in [2.05, 4.69) is 0 Å². The molecule has 2 aliphatic heterocycles. The number of likely N-dealkylation sites (tertiary alicyclic amines) is 1. The van der Waals surface area contributed by atoms with E-state index in [-0.39, 0.29) is 17.7 Å². The van der Waals surface area contributed by atoms with Gasteiger partial charge in [-0.25, -0.2) is 0 Å². The van der Waals surface area contributed by atoms with Gasteiger partial charge in [-0.1, -0.05) is 0 Å². The van der Waals surface area contributed by atoms with E-state index in [9.17, 15) is 9.59 Å². The van der Waals surface area contributed by atoms with Crippen molar-refractivity contribution in [3.63, 3.8) is 0 Å². The number of carbonyl (C=O) groups excluding carboxylic acids is 2. The summed E-state index contributed by atoms with van der Waals surface area (Å²) in [5.74, 6) is 2.81. The Hall–Kier alpha value is -0.510. The van der Waals surface area contributed by atoms with E-state index in [0.717, 1.165) is 43.7 Å². The molecule has 0 aromatic heterocycles. The Morgan fingerprint density at radius 1 is 1.29 bits per heavy atom. The van der Waals surface area contributed by atoms with Crippen LogP contribution in [0.2, 0.25) is 0 Å². The largest absolute Gasteiger partial charge is 0.339 e. The first-order valence-electron chi connectivity index (χ1n) is 6.56. The highest BCUT2D eigenvalue weighted by atomic mass is 32.2. The predicted octanol–water partition coefficient (Wildman–Crippen LogP) is 2.10. The second-order valence-corrected chi connectivity index (χ2v) is 6.30. The number of hydrogen-bond donors (Lipinski definition) is 0. The molecule has 0 radical (unpaired) electrons. The van der Waals surface area contributed by atoms with Crippen molar-refractivity contribution in [1.29, 1.82) is 0 Å². The minimum absolute atomic E-state index is 0.180. The Kier molecular flexibility index (Phi) is 4.48. The van der Waals surface area contributed by atoms with E-state index in [1.807, 2.05) is 16.7 Å². The smallest absolute Gasteiger partial charge is 0.226 e. The maximum Gasteiger partial charge on any atom is 0.226 e. The molecule has 0 saturated carbocycles. The van der Waals surface area contributed by atoms with Gasteiger partial charge in [-0.3, -0.25) is 9.59 Å². The van der Waals surface area contributed by atoms with Crippen molar-refractivity contribution in [2.24, 2.45) is 5.92 Å². The molecule has 0 aromatic carbocycles. The number of amides is 1. The summed E-state index contributed by atoms with van der Waals surface area (Å²) in [7, 11) is 0. The number of rotatable bonds is 3. The summed E-state index contributed by atoms with van der Waals surface area (Å²) in [4.78, 5) is 25.7. The third-order valence-electron chi connectivity index (χ3n) is 3.71. The lowest BCUT2D eigenvalue weighted by atomic mass is 9.95. The van der Waals surface area contributed by atoms with Gasteiger partial charge in [0.05, 0.1) is 0 Å². The summed E-state index contributed by atoms with van der Waals surface area (Å²) in [6, 6.07) is 0.180. The molecular formula is C13H21NO2S. The fourth-order valence-electron chi connectivity index (χ4n) is 2.80. The normalized spacial score (nSPS) is 29.4. The lowest BCUT2D eigenvalue weighted by Crippen LogP contribution is -2.47. The van der Waals surface area contributed by atoms with Gasteiger partial charge in [0.1, 0.15) is 5.78 Å². The highest BCUT2D eigenvalue weighted by molar-refractivity contribution is 7.99. The molecule has 0 N–H and O–H groups in total. The molecule has 3 nitrogen and oxygen atoms in total. The van der Waals surface area contributed by atoms with E-state index >= 15 is 0 Å². The van der Waals surface area contributed by atoms with E-state index in [4.69, 9.17) is 0 Å². The molecule has 0 bridgehead atoms. The average Bonchev–Trinajstić information content (AvgIpc) is 2.81. The number of hydrogen-bond acceptors (Lipinski definition) is 3. The van der Waals surface area contributed by atoms with Crippen LogP contribution in [0.25, 0.3) is 0 Å². The maximum absolute atomic E-state index is 12.4. The van der Waals surface area contributed by atoms with Crippen LogP contribution in [0.3, 0.4) is 0 Å². The van der Waals surface area contributed by atoms with Crippen LogP contribution in [0.1, 0.15) is 39.0 Å². The Morgan fingerprint density at radius 3 is 2.76 bits per heavy atom. The Bertz CT molecular complexity index is 300.